The predicted octanol–water partition coefficient (Wildman–Crippen LogP) is 0.909. The Morgan fingerprint density at radius 3 is 2.68 bits per heavy atom. The van der Waals surface area contributed by atoms with E-state index in [0.29, 0.717) is 24.2 Å². The maximum absolute atomic E-state index is 12.7. The molecule has 2 heterocycles. The van der Waals surface area contributed by atoms with Crippen molar-refractivity contribution in [3.63, 3.8) is 0 Å². The molecule has 1 aliphatic rings. The minimum atomic E-state index is -0.108. The quantitative estimate of drug-likeness (QED) is 0.901. The van der Waals surface area contributed by atoms with Crippen LogP contribution in [0, 0.1) is 0 Å². The fraction of sp³-hybridized carbons (Fsp3) is 0.389. The number of hydrogen-bond acceptors (Lipinski definition) is 4. The maximum Gasteiger partial charge on any atom is 0.257 e. The zero-order valence-electron chi connectivity index (χ0n) is 14.8. The second-order valence-corrected chi connectivity index (χ2v) is 6.35. The molecule has 7 heteroatoms. The number of piperazine rings is 1. The highest BCUT2D eigenvalue weighted by molar-refractivity contribution is 5.94. The van der Waals surface area contributed by atoms with E-state index in [2.05, 4.69) is 15.3 Å². The SMILES string of the molecule is CNC(=O)c1cccc([C@@H]2CN(C(=O)c3cnn(C)c3)CCN2C)c1. The molecule has 1 fully saturated rings. The third kappa shape index (κ3) is 3.56. The van der Waals surface area contributed by atoms with Crippen molar-refractivity contribution in [2.24, 2.45) is 7.05 Å². The molecule has 132 valence electrons. The van der Waals surface area contributed by atoms with Gasteiger partial charge in [-0.05, 0) is 24.7 Å². The molecule has 0 aliphatic carbocycles. The molecule has 2 amide bonds. The minimum absolute atomic E-state index is 0.00587. The summed E-state index contributed by atoms with van der Waals surface area (Å²) in [5.74, 6) is -0.114. The van der Waals surface area contributed by atoms with Gasteiger partial charge in [0.15, 0.2) is 0 Å². The van der Waals surface area contributed by atoms with Gasteiger partial charge in [0.25, 0.3) is 11.8 Å². The molecule has 0 radical (unpaired) electrons. The molecule has 25 heavy (non-hydrogen) atoms. The highest BCUT2D eigenvalue weighted by atomic mass is 16.2. The Kier molecular flexibility index (Phi) is 4.85. The summed E-state index contributed by atoms with van der Waals surface area (Å²) in [6.07, 6.45) is 3.34. The van der Waals surface area contributed by atoms with Crippen LogP contribution < -0.4 is 5.32 Å². The van der Waals surface area contributed by atoms with Crippen LogP contribution in [-0.4, -0.2) is 65.1 Å². The molecule has 1 atom stereocenters. The van der Waals surface area contributed by atoms with Gasteiger partial charge in [-0.1, -0.05) is 12.1 Å². The summed E-state index contributed by atoms with van der Waals surface area (Å²) in [4.78, 5) is 28.7. The lowest BCUT2D eigenvalue weighted by molar-refractivity contribution is 0.0545. The molecule has 0 bridgehead atoms. The number of carbonyl (C=O) groups excluding carboxylic acids is 2. The van der Waals surface area contributed by atoms with E-state index in [-0.39, 0.29) is 17.9 Å². The van der Waals surface area contributed by atoms with Gasteiger partial charge in [0.1, 0.15) is 0 Å². The van der Waals surface area contributed by atoms with Gasteiger partial charge in [-0.3, -0.25) is 19.2 Å². The Labute approximate surface area is 147 Å². The van der Waals surface area contributed by atoms with Crippen LogP contribution in [0.2, 0.25) is 0 Å². The molecular formula is C18H23N5O2. The number of hydrogen-bond donors (Lipinski definition) is 1. The molecule has 0 saturated carbocycles. The van der Waals surface area contributed by atoms with E-state index in [1.807, 2.05) is 30.1 Å². The van der Waals surface area contributed by atoms with Gasteiger partial charge in [-0.15, -0.1) is 0 Å². The lowest BCUT2D eigenvalue weighted by Crippen LogP contribution is -2.49. The molecule has 0 unspecified atom stereocenters. The first-order chi connectivity index (χ1) is 12.0. The van der Waals surface area contributed by atoms with Gasteiger partial charge < -0.3 is 10.2 Å². The molecule has 3 rings (SSSR count). The molecule has 1 aliphatic heterocycles. The van der Waals surface area contributed by atoms with Gasteiger partial charge in [-0.2, -0.15) is 5.10 Å². The lowest BCUT2D eigenvalue weighted by Gasteiger charge is -2.39. The summed E-state index contributed by atoms with van der Waals surface area (Å²) >= 11 is 0. The number of benzene rings is 1. The fourth-order valence-electron chi connectivity index (χ4n) is 3.16. The Balaban J connectivity index is 1.81. The van der Waals surface area contributed by atoms with E-state index in [0.717, 1.165) is 12.1 Å². The summed E-state index contributed by atoms with van der Waals surface area (Å²) in [6, 6.07) is 7.64. The molecule has 2 aromatic rings. The van der Waals surface area contributed by atoms with Crippen LogP contribution in [0.4, 0.5) is 0 Å². The number of aromatic nitrogens is 2. The number of amides is 2. The molecule has 7 nitrogen and oxygen atoms in total. The highest BCUT2D eigenvalue weighted by Crippen LogP contribution is 2.25. The van der Waals surface area contributed by atoms with Crippen LogP contribution in [-0.2, 0) is 7.05 Å². The first kappa shape index (κ1) is 17.2. The average molecular weight is 341 g/mol. The summed E-state index contributed by atoms with van der Waals surface area (Å²) < 4.78 is 1.63. The molecule has 1 saturated heterocycles. The third-order valence-electron chi connectivity index (χ3n) is 4.65. The number of likely N-dealkylation sites (N-methyl/N-ethyl adjacent to an activating group) is 1. The second-order valence-electron chi connectivity index (χ2n) is 6.35. The van der Waals surface area contributed by atoms with Crippen LogP contribution in [0.5, 0.6) is 0 Å². The summed E-state index contributed by atoms with van der Waals surface area (Å²) in [5, 5.41) is 6.73. The Bertz CT molecular complexity index is 785. The van der Waals surface area contributed by atoms with Crippen LogP contribution in [0.25, 0.3) is 0 Å². The zero-order valence-corrected chi connectivity index (χ0v) is 14.8. The summed E-state index contributed by atoms with van der Waals surface area (Å²) in [5.41, 5.74) is 2.27. The van der Waals surface area contributed by atoms with Crippen molar-refractivity contribution in [1.29, 1.82) is 0 Å². The van der Waals surface area contributed by atoms with Crippen molar-refractivity contribution < 1.29 is 9.59 Å². The molecule has 1 aromatic carbocycles. The normalized spacial score (nSPS) is 18.2. The summed E-state index contributed by atoms with van der Waals surface area (Å²) in [6.45, 7) is 2.04. The van der Waals surface area contributed by atoms with E-state index in [9.17, 15) is 9.59 Å². The van der Waals surface area contributed by atoms with Crippen LogP contribution in [0.1, 0.15) is 32.3 Å². The van der Waals surface area contributed by atoms with Crippen LogP contribution >= 0.6 is 0 Å². The Morgan fingerprint density at radius 2 is 2.00 bits per heavy atom. The molecule has 0 spiro atoms. The number of nitrogens with zero attached hydrogens (tertiary/aromatic N) is 4. The number of rotatable bonds is 3. The lowest BCUT2D eigenvalue weighted by atomic mass is 10.00. The smallest absolute Gasteiger partial charge is 0.257 e. The Hall–Kier alpha value is -2.67. The largest absolute Gasteiger partial charge is 0.355 e. The highest BCUT2D eigenvalue weighted by Gasteiger charge is 2.29. The van der Waals surface area contributed by atoms with Crippen molar-refractivity contribution in [2.45, 2.75) is 6.04 Å². The first-order valence-corrected chi connectivity index (χ1v) is 8.30. The van der Waals surface area contributed by atoms with Gasteiger partial charge in [0.05, 0.1) is 17.8 Å². The van der Waals surface area contributed by atoms with Gasteiger partial charge >= 0.3 is 0 Å². The van der Waals surface area contributed by atoms with E-state index in [1.54, 1.807) is 37.2 Å². The van der Waals surface area contributed by atoms with E-state index >= 15 is 0 Å². The van der Waals surface area contributed by atoms with Crippen molar-refractivity contribution >= 4 is 11.8 Å². The molecule has 1 aromatic heterocycles. The minimum Gasteiger partial charge on any atom is -0.355 e. The van der Waals surface area contributed by atoms with E-state index < -0.39 is 0 Å². The molecule has 1 N–H and O–H groups in total. The monoisotopic (exact) mass is 341 g/mol. The van der Waals surface area contributed by atoms with Crippen molar-refractivity contribution in [3.8, 4) is 0 Å². The maximum atomic E-state index is 12.7. The van der Waals surface area contributed by atoms with Gasteiger partial charge in [-0.25, -0.2) is 0 Å². The summed E-state index contributed by atoms with van der Waals surface area (Å²) in [7, 11) is 5.47. The van der Waals surface area contributed by atoms with Crippen molar-refractivity contribution in [1.82, 2.24) is 24.9 Å². The third-order valence-corrected chi connectivity index (χ3v) is 4.65. The van der Waals surface area contributed by atoms with E-state index in [4.69, 9.17) is 0 Å². The fourth-order valence-corrected chi connectivity index (χ4v) is 3.16. The second kappa shape index (κ2) is 7.06. The average Bonchev–Trinajstić information content (AvgIpc) is 3.07. The van der Waals surface area contributed by atoms with Crippen LogP contribution in [0.15, 0.2) is 36.7 Å². The van der Waals surface area contributed by atoms with Gasteiger partial charge in [0.2, 0.25) is 0 Å². The first-order valence-electron chi connectivity index (χ1n) is 8.30. The van der Waals surface area contributed by atoms with E-state index in [1.165, 1.54) is 0 Å². The van der Waals surface area contributed by atoms with Gasteiger partial charge in [0, 0.05) is 45.5 Å². The Morgan fingerprint density at radius 1 is 1.20 bits per heavy atom. The zero-order chi connectivity index (χ0) is 18.0. The van der Waals surface area contributed by atoms with Crippen molar-refractivity contribution in [3.05, 3.63) is 53.3 Å². The number of nitrogens with one attached hydrogen (secondary N) is 1. The molecular weight excluding hydrogens is 318 g/mol. The van der Waals surface area contributed by atoms with Crippen molar-refractivity contribution in [2.75, 3.05) is 33.7 Å². The predicted molar refractivity (Wildman–Crippen MR) is 94.3 cm³/mol. The number of aryl methyl sites for hydroxylation is 1. The number of carbonyl (C=O) groups is 2. The topological polar surface area (TPSA) is 70.5 Å². The standard InChI is InChI=1S/C18H23N5O2/c1-19-17(24)14-6-4-5-13(9-14)16-12-23(8-7-21(16)2)18(25)15-10-20-22(3)11-15/h4-6,9-11,16H,7-8,12H2,1-3H3,(H,19,24)/t16-/m0/s1. The van der Waals surface area contributed by atoms with Crippen LogP contribution in [0.3, 0.4) is 0 Å².